The maximum atomic E-state index is 3.30. The number of benzene rings is 1. The molecule has 2 rings (SSSR count). The Bertz CT molecular complexity index is 249. The quantitative estimate of drug-likeness (QED) is 0.666. The highest BCUT2D eigenvalue weighted by molar-refractivity contribution is 5.16. The van der Waals surface area contributed by atoms with E-state index >= 15 is 0 Å². The number of hydrogen-bond donors (Lipinski definition) is 0. The van der Waals surface area contributed by atoms with Crippen molar-refractivity contribution in [1.29, 1.82) is 0 Å². The molecule has 0 aliphatic carbocycles. The van der Waals surface area contributed by atoms with Crippen LogP contribution in [0.25, 0.3) is 0 Å². The molecule has 1 radical (unpaired) electrons. The SMILES string of the molecule is CC(c1[c]cccc1)N1CCCC1. The molecule has 69 valence electrons. The Morgan fingerprint density at radius 3 is 2.69 bits per heavy atom. The van der Waals surface area contributed by atoms with E-state index in [0.29, 0.717) is 6.04 Å². The lowest BCUT2D eigenvalue weighted by atomic mass is 10.1. The third-order valence-corrected chi connectivity index (χ3v) is 2.87. The molecule has 1 atom stereocenters. The van der Waals surface area contributed by atoms with Gasteiger partial charge in [-0.05, 0) is 44.5 Å². The minimum absolute atomic E-state index is 0.545. The van der Waals surface area contributed by atoms with E-state index in [1.165, 1.54) is 31.5 Å². The van der Waals surface area contributed by atoms with E-state index in [2.05, 4.69) is 30.0 Å². The van der Waals surface area contributed by atoms with E-state index < -0.39 is 0 Å². The Hall–Kier alpha value is -0.820. The van der Waals surface area contributed by atoms with Crippen molar-refractivity contribution in [2.45, 2.75) is 25.8 Å². The highest BCUT2D eigenvalue weighted by Gasteiger charge is 2.18. The lowest BCUT2D eigenvalue weighted by Crippen LogP contribution is -2.23. The molecule has 1 aromatic carbocycles. The molecule has 0 spiro atoms. The van der Waals surface area contributed by atoms with Crippen molar-refractivity contribution in [3.63, 3.8) is 0 Å². The minimum atomic E-state index is 0.545. The van der Waals surface area contributed by atoms with E-state index in [-0.39, 0.29) is 0 Å². The zero-order valence-corrected chi connectivity index (χ0v) is 8.16. The van der Waals surface area contributed by atoms with Crippen molar-refractivity contribution < 1.29 is 0 Å². The van der Waals surface area contributed by atoms with Crippen LogP contribution in [-0.2, 0) is 0 Å². The summed E-state index contributed by atoms with van der Waals surface area (Å²) in [5, 5.41) is 0. The largest absolute Gasteiger partial charge is 0.297 e. The second kappa shape index (κ2) is 3.93. The van der Waals surface area contributed by atoms with Crippen LogP contribution in [-0.4, -0.2) is 18.0 Å². The van der Waals surface area contributed by atoms with Gasteiger partial charge < -0.3 is 0 Å². The normalized spacial score (nSPS) is 20.4. The molecule has 0 bridgehead atoms. The molecule has 1 fully saturated rings. The van der Waals surface area contributed by atoms with Gasteiger partial charge in [-0.15, -0.1) is 0 Å². The van der Waals surface area contributed by atoms with Gasteiger partial charge in [-0.25, -0.2) is 0 Å². The number of nitrogens with zero attached hydrogens (tertiary/aromatic N) is 1. The van der Waals surface area contributed by atoms with E-state index in [1.54, 1.807) is 0 Å². The van der Waals surface area contributed by atoms with E-state index in [4.69, 9.17) is 0 Å². The highest BCUT2D eigenvalue weighted by atomic mass is 15.2. The molecule has 0 amide bonds. The van der Waals surface area contributed by atoms with E-state index in [1.807, 2.05) is 12.1 Å². The van der Waals surface area contributed by atoms with Crippen LogP contribution in [0.1, 0.15) is 31.4 Å². The van der Waals surface area contributed by atoms with Gasteiger partial charge in [0.05, 0.1) is 0 Å². The number of rotatable bonds is 2. The lowest BCUT2D eigenvalue weighted by molar-refractivity contribution is 0.263. The van der Waals surface area contributed by atoms with Crippen LogP contribution >= 0.6 is 0 Å². The molecular formula is C12H16N. The molecular weight excluding hydrogens is 158 g/mol. The molecule has 1 unspecified atom stereocenters. The Morgan fingerprint density at radius 2 is 2.08 bits per heavy atom. The Balaban J connectivity index is 2.08. The summed E-state index contributed by atoms with van der Waals surface area (Å²) in [6, 6.07) is 12.1. The van der Waals surface area contributed by atoms with Crippen LogP contribution in [0.4, 0.5) is 0 Å². The Morgan fingerprint density at radius 1 is 1.31 bits per heavy atom. The predicted octanol–water partition coefficient (Wildman–Crippen LogP) is 2.64. The monoisotopic (exact) mass is 174 g/mol. The Labute approximate surface area is 80.4 Å². The second-order valence-electron chi connectivity index (χ2n) is 3.74. The van der Waals surface area contributed by atoms with Gasteiger partial charge in [0.2, 0.25) is 0 Å². The summed E-state index contributed by atoms with van der Waals surface area (Å²) in [7, 11) is 0. The van der Waals surface area contributed by atoms with E-state index in [9.17, 15) is 0 Å². The van der Waals surface area contributed by atoms with Gasteiger partial charge in [-0.1, -0.05) is 24.3 Å². The third kappa shape index (κ3) is 1.92. The molecule has 1 aromatic rings. The topological polar surface area (TPSA) is 3.24 Å². The number of hydrogen-bond acceptors (Lipinski definition) is 1. The minimum Gasteiger partial charge on any atom is -0.297 e. The molecule has 0 N–H and O–H groups in total. The summed E-state index contributed by atoms with van der Waals surface area (Å²) in [4.78, 5) is 2.53. The second-order valence-corrected chi connectivity index (χ2v) is 3.74. The smallest absolute Gasteiger partial charge is 0.0326 e. The fourth-order valence-electron chi connectivity index (χ4n) is 1.99. The van der Waals surface area contributed by atoms with Crippen molar-refractivity contribution in [1.82, 2.24) is 4.90 Å². The number of likely N-dealkylation sites (tertiary alicyclic amines) is 1. The molecule has 1 aliphatic heterocycles. The van der Waals surface area contributed by atoms with Crippen molar-refractivity contribution in [2.24, 2.45) is 0 Å². The molecule has 1 nitrogen and oxygen atoms in total. The zero-order chi connectivity index (χ0) is 9.10. The van der Waals surface area contributed by atoms with Crippen LogP contribution in [0.2, 0.25) is 0 Å². The summed E-state index contributed by atoms with van der Waals surface area (Å²) in [6.07, 6.45) is 2.72. The van der Waals surface area contributed by atoms with Crippen LogP contribution in [0.5, 0.6) is 0 Å². The molecule has 0 saturated carbocycles. The van der Waals surface area contributed by atoms with Gasteiger partial charge in [0.15, 0.2) is 0 Å². The van der Waals surface area contributed by atoms with Crippen molar-refractivity contribution in [2.75, 3.05) is 13.1 Å². The van der Waals surface area contributed by atoms with Crippen LogP contribution in [0.15, 0.2) is 24.3 Å². The first-order valence-corrected chi connectivity index (χ1v) is 5.08. The predicted molar refractivity (Wildman–Crippen MR) is 54.5 cm³/mol. The molecule has 1 heterocycles. The summed E-state index contributed by atoms with van der Waals surface area (Å²) < 4.78 is 0. The summed E-state index contributed by atoms with van der Waals surface area (Å²) in [6.45, 7) is 4.78. The first-order chi connectivity index (χ1) is 6.38. The van der Waals surface area contributed by atoms with Gasteiger partial charge in [0.25, 0.3) is 0 Å². The average Bonchev–Trinajstić information content (AvgIpc) is 2.71. The van der Waals surface area contributed by atoms with Crippen molar-refractivity contribution in [3.05, 3.63) is 35.9 Å². The van der Waals surface area contributed by atoms with Crippen LogP contribution in [0.3, 0.4) is 0 Å². The first kappa shape index (κ1) is 8.76. The highest BCUT2D eigenvalue weighted by Crippen LogP contribution is 2.23. The van der Waals surface area contributed by atoms with Gasteiger partial charge in [0, 0.05) is 6.04 Å². The summed E-state index contributed by atoms with van der Waals surface area (Å²) >= 11 is 0. The van der Waals surface area contributed by atoms with Gasteiger partial charge >= 0.3 is 0 Å². The first-order valence-electron chi connectivity index (χ1n) is 5.08. The molecule has 1 heteroatoms. The van der Waals surface area contributed by atoms with Crippen molar-refractivity contribution >= 4 is 0 Å². The van der Waals surface area contributed by atoms with Gasteiger partial charge in [-0.2, -0.15) is 0 Å². The maximum Gasteiger partial charge on any atom is 0.0326 e. The molecule has 0 aromatic heterocycles. The standard InChI is InChI=1S/C12H16N/c1-11(13-9-5-6-10-13)12-7-3-2-4-8-12/h2-4,7,11H,5-6,9-10H2,1H3. The van der Waals surface area contributed by atoms with Crippen LogP contribution in [0, 0.1) is 6.07 Å². The molecule has 1 saturated heterocycles. The Kier molecular flexibility index (Phi) is 2.65. The maximum absolute atomic E-state index is 3.30. The third-order valence-electron chi connectivity index (χ3n) is 2.87. The summed E-state index contributed by atoms with van der Waals surface area (Å²) in [5.74, 6) is 0. The summed E-state index contributed by atoms with van der Waals surface area (Å²) in [5.41, 5.74) is 1.32. The van der Waals surface area contributed by atoms with Gasteiger partial charge in [0.1, 0.15) is 0 Å². The molecule has 1 aliphatic rings. The fraction of sp³-hybridized carbons (Fsp3) is 0.500. The van der Waals surface area contributed by atoms with Gasteiger partial charge in [-0.3, -0.25) is 4.90 Å². The zero-order valence-electron chi connectivity index (χ0n) is 8.16. The van der Waals surface area contributed by atoms with Crippen molar-refractivity contribution in [3.8, 4) is 0 Å². The molecule has 13 heavy (non-hydrogen) atoms. The fourth-order valence-corrected chi connectivity index (χ4v) is 1.99. The lowest BCUT2D eigenvalue weighted by Gasteiger charge is -2.23. The average molecular weight is 174 g/mol. The van der Waals surface area contributed by atoms with Crippen LogP contribution < -0.4 is 0 Å². The van der Waals surface area contributed by atoms with E-state index in [0.717, 1.165) is 0 Å².